The van der Waals surface area contributed by atoms with Crippen LogP contribution in [-0.4, -0.2) is 21.6 Å². The molecule has 4 aliphatic carbocycles. The van der Waals surface area contributed by atoms with Crippen LogP contribution in [0.3, 0.4) is 0 Å². The molecular weight excluding hydrogens is 318 g/mol. The van der Waals surface area contributed by atoms with Crippen LogP contribution in [-0.2, 0) is 11.2 Å². The van der Waals surface area contributed by atoms with Gasteiger partial charge in [-0.25, -0.2) is 0 Å². The Bertz CT molecular complexity index is 729. The zero-order valence-corrected chi connectivity index (χ0v) is 14.2. The van der Waals surface area contributed by atoms with Gasteiger partial charge in [0.05, 0.1) is 6.26 Å². The maximum absolute atomic E-state index is 12.5. The predicted octanol–water partition coefficient (Wildman–Crippen LogP) is 3.35. The lowest BCUT2D eigenvalue weighted by Gasteiger charge is -2.56. The highest BCUT2D eigenvalue weighted by Crippen LogP contribution is 2.55. The molecule has 2 heterocycles. The SMILES string of the molecule is O=C(CCc1nc(-c2ccco2)no1)NC12CC3CC(CC(C3)C1)C2. The molecule has 4 bridgehead atoms. The second kappa shape index (κ2) is 5.71. The molecule has 0 atom stereocenters. The summed E-state index contributed by atoms with van der Waals surface area (Å²) in [6.07, 6.45) is 10.1. The number of aromatic nitrogens is 2. The van der Waals surface area contributed by atoms with E-state index in [-0.39, 0.29) is 11.4 Å². The van der Waals surface area contributed by atoms with Gasteiger partial charge in [-0.2, -0.15) is 4.98 Å². The minimum atomic E-state index is 0.0694. The number of hydrogen-bond donors (Lipinski definition) is 1. The third-order valence-corrected chi connectivity index (χ3v) is 6.22. The molecule has 132 valence electrons. The van der Waals surface area contributed by atoms with Crippen molar-refractivity contribution in [3.63, 3.8) is 0 Å². The molecule has 6 heteroatoms. The Kier molecular flexibility index (Phi) is 3.47. The van der Waals surface area contributed by atoms with E-state index in [1.54, 1.807) is 18.4 Å². The Labute approximate surface area is 146 Å². The van der Waals surface area contributed by atoms with E-state index >= 15 is 0 Å². The predicted molar refractivity (Wildman–Crippen MR) is 89.4 cm³/mol. The molecule has 1 amide bonds. The Morgan fingerprint density at radius 3 is 2.56 bits per heavy atom. The number of hydrogen-bond acceptors (Lipinski definition) is 5. The van der Waals surface area contributed by atoms with Crippen molar-refractivity contribution in [3.8, 4) is 11.6 Å². The molecule has 6 nitrogen and oxygen atoms in total. The monoisotopic (exact) mass is 341 g/mol. The number of nitrogens with zero attached hydrogens (tertiary/aromatic N) is 2. The summed E-state index contributed by atoms with van der Waals surface area (Å²) in [5.41, 5.74) is 0.0694. The fraction of sp³-hybridized carbons (Fsp3) is 0.632. The number of amides is 1. The maximum Gasteiger partial charge on any atom is 0.238 e. The van der Waals surface area contributed by atoms with Gasteiger partial charge < -0.3 is 14.3 Å². The maximum atomic E-state index is 12.5. The fourth-order valence-corrected chi connectivity index (χ4v) is 5.70. The largest absolute Gasteiger partial charge is 0.461 e. The van der Waals surface area contributed by atoms with Crippen LogP contribution in [0.15, 0.2) is 27.3 Å². The first-order chi connectivity index (χ1) is 12.2. The van der Waals surface area contributed by atoms with Gasteiger partial charge in [-0.15, -0.1) is 0 Å². The van der Waals surface area contributed by atoms with E-state index in [1.807, 2.05) is 0 Å². The quantitative estimate of drug-likeness (QED) is 0.902. The molecular formula is C19H23N3O3. The number of nitrogens with one attached hydrogen (secondary N) is 1. The smallest absolute Gasteiger partial charge is 0.238 e. The summed E-state index contributed by atoms with van der Waals surface area (Å²) in [6, 6.07) is 3.57. The average Bonchev–Trinajstić information content (AvgIpc) is 3.22. The van der Waals surface area contributed by atoms with E-state index in [2.05, 4.69) is 15.5 Å². The van der Waals surface area contributed by atoms with Gasteiger partial charge in [-0.3, -0.25) is 4.79 Å². The van der Waals surface area contributed by atoms with Gasteiger partial charge in [-0.1, -0.05) is 5.16 Å². The van der Waals surface area contributed by atoms with Crippen molar-refractivity contribution in [2.24, 2.45) is 17.8 Å². The van der Waals surface area contributed by atoms with Crippen molar-refractivity contribution in [1.82, 2.24) is 15.5 Å². The number of carbonyl (C=O) groups excluding carboxylic acids is 1. The lowest BCUT2D eigenvalue weighted by Crippen LogP contribution is -2.59. The summed E-state index contributed by atoms with van der Waals surface area (Å²) in [7, 11) is 0. The van der Waals surface area contributed by atoms with Crippen LogP contribution < -0.4 is 5.32 Å². The van der Waals surface area contributed by atoms with Crippen LogP contribution in [0.5, 0.6) is 0 Å². The number of rotatable bonds is 5. The molecule has 6 rings (SSSR count). The van der Waals surface area contributed by atoms with E-state index in [4.69, 9.17) is 8.94 Å². The highest BCUT2D eigenvalue weighted by Gasteiger charge is 2.51. The molecule has 0 spiro atoms. The molecule has 1 N–H and O–H groups in total. The minimum absolute atomic E-state index is 0.0694. The third-order valence-electron chi connectivity index (χ3n) is 6.22. The first-order valence-electron chi connectivity index (χ1n) is 9.35. The molecule has 0 saturated heterocycles. The van der Waals surface area contributed by atoms with Crippen LogP contribution in [0.2, 0.25) is 0 Å². The molecule has 0 radical (unpaired) electrons. The molecule has 4 saturated carbocycles. The van der Waals surface area contributed by atoms with Gasteiger partial charge in [0.2, 0.25) is 17.6 Å². The Morgan fingerprint density at radius 1 is 1.20 bits per heavy atom. The number of carbonyl (C=O) groups is 1. The van der Waals surface area contributed by atoms with Gasteiger partial charge in [0.15, 0.2) is 5.76 Å². The van der Waals surface area contributed by atoms with E-state index in [9.17, 15) is 4.79 Å². The van der Waals surface area contributed by atoms with Crippen molar-refractivity contribution in [2.45, 2.75) is 56.9 Å². The van der Waals surface area contributed by atoms with E-state index in [0.717, 1.165) is 17.8 Å². The summed E-state index contributed by atoms with van der Waals surface area (Å²) in [4.78, 5) is 16.8. The van der Waals surface area contributed by atoms with Crippen LogP contribution in [0, 0.1) is 17.8 Å². The zero-order valence-electron chi connectivity index (χ0n) is 14.2. The van der Waals surface area contributed by atoms with Crippen LogP contribution in [0.1, 0.15) is 50.8 Å². The van der Waals surface area contributed by atoms with Gasteiger partial charge in [0, 0.05) is 18.4 Å². The van der Waals surface area contributed by atoms with Crippen molar-refractivity contribution in [1.29, 1.82) is 0 Å². The lowest BCUT2D eigenvalue weighted by atomic mass is 9.53. The highest BCUT2D eigenvalue weighted by atomic mass is 16.5. The van der Waals surface area contributed by atoms with Gasteiger partial charge in [0.25, 0.3) is 0 Å². The third kappa shape index (κ3) is 2.87. The summed E-state index contributed by atoms with van der Waals surface area (Å²) in [5.74, 6) is 4.09. The molecule has 4 aliphatic rings. The topological polar surface area (TPSA) is 81.2 Å². The Balaban J connectivity index is 1.19. The molecule has 25 heavy (non-hydrogen) atoms. The number of furan rings is 1. The molecule has 0 aromatic carbocycles. The van der Waals surface area contributed by atoms with Crippen molar-refractivity contribution < 1.29 is 13.7 Å². The molecule has 4 fully saturated rings. The molecule has 2 aromatic rings. The zero-order chi connectivity index (χ0) is 16.9. The summed E-state index contributed by atoms with van der Waals surface area (Å²) in [6.45, 7) is 0. The first-order valence-corrected chi connectivity index (χ1v) is 9.35. The van der Waals surface area contributed by atoms with Gasteiger partial charge in [-0.05, 0) is 68.4 Å². The van der Waals surface area contributed by atoms with Crippen molar-refractivity contribution in [2.75, 3.05) is 0 Å². The Hall–Kier alpha value is -2.11. The van der Waals surface area contributed by atoms with E-state index < -0.39 is 0 Å². The summed E-state index contributed by atoms with van der Waals surface area (Å²) < 4.78 is 10.5. The molecule has 2 aromatic heterocycles. The van der Waals surface area contributed by atoms with Gasteiger partial charge >= 0.3 is 0 Å². The average molecular weight is 341 g/mol. The standard InChI is InChI=1S/C19H23N3O3/c23-16(3-4-17-20-18(22-25-17)15-2-1-5-24-15)21-19-9-12-6-13(10-19)8-14(7-12)11-19/h1-2,5,12-14H,3-4,6-11H2,(H,21,23). The second-order valence-corrected chi connectivity index (χ2v) is 8.24. The Morgan fingerprint density at radius 2 is 1.92 bits per heavy atom. The normalized spacial score (nSPS) is 32.9. The second-order valence-electron chi connectivity index (χ2n) is 8.24. The summed E-state index contributed by atoms with van der Waals surface area (Å²) >= 11 is 0. The van der Waals surface area contributed by atoms with E-state index in [1.165, 1.54) is 38.5 Å². The minimum Gasteiger partial charge on any atom is -0.461 e. The van der Waals surface area contributed by atoms with E-state index in [0.29, 0.717) is 30.3 Å². The highest BCUT2D eigenvalue weighted by molar-refractivity contribution is 5.77. The van der Waals surface area contributed by atoms with Crippen LogP contribution in [0.25, 0.3) is 11.6 Å². The molecule has 0 unspecified atom stereocenters. The lowest BCUT2D eigenvalue weighted by molar-refractivity contribution is -0.126. The first kappa shape index (κ1) is 15.2. The fourth-order valence-electron chi connectivity index (χ4n) is 5.70. The van der Waals surface area contributed by atoms with Crippen LogP contribution >= 0.6 is 0 Å². The molecule has 0 aliphatic heterocycles. The van der Waals surface area contributed by atoms with Gasteiger partial charge in [0.1, 0.15) is 0 Å². The van der Waals surface area contributed by atoms with Crippen molar-refractivity contribution >= 4 is 5.91 Å². The summed E-state index contributed by atoms with van der Waals surface area (Å²) in [5, 5.41) is 7.29. The van der Waals surface area contributed by atoms with Crippen molar-refractivity contribution in [3.05, 3.63) is 24.3 Å². The number of aryl methyl sites for hydroxylation is 1. The van der Waals surface area contributed by atoms with Crippen LogP contribution in [0.4, 0.5) is 0 Å².